The second-order valence-electron chi connectivity index (χ2n) is 5.69. The molecule has 0 radical (unpaired) electrons. The van der Waals surface area contributed by atoms with E-state index in [9.17, 15) is 8.42 Å². The fourth-order valence-electron chi connectivity index (χ4n) is 3.51. The number of rotatable bonds is 5. The van der Waals surface area contributed by atoms with E-state index in [0.29, 0.717) is 11.7 Å². The molecule has 1 aromatic rings. The molecule has 1 N–H and O–H groups in total. The zero-order valence-electron chi connectivity index (χ0n) is 12.3. The van der Waals surface area contributed by atoms with Crippen LogP contribution in [0.25, 0.3) is 0 Å². The molecule has 4 atom stereocenters. The summed E-state index contributed by atoms with van der Waals surface area (Å²) in [5.74, 6) is 1.13. The average Bonchev–Trinajstić information content (AvgIpc) is 2.90. The standard InChI is InChI=1S/C15H21NO4S/c1-3-12-14(13-7-8-20-15(12)13)16-21(17,18)11-6-4-5-10(9-11)19-2/h4-6,9,12-16H,3,7-8H2,1-2H3/t12-,13+,14+,15-/m1/s1. The van der Waals surface area contributed by atoms with Crippen LogP contribution in [0.15, 0.2) is 29.2 Å². The Morgan fingerprint density at radius 3 is 2.95 bits per heavy atom. The summed E-state index contributed by atoms with van der Waals surface area (Å²) in [7, 11) is -1.99. The summed E-state index contributed by atoms with van der Waals surface area (Å²) in [5.41, 5.74) is 0. The molecule has 0 bridgehead atoms. The molecule has 2 aliphatic rings. The van der Waals surface area contributed by atoms with Gasteiger partial charge in [0.05, 0.1) is 18.1 Å². The van der Waals surface area contributed by atoms with Crippen molar-refractivity contribution in [2.45, 2.75) is 36.8 Å². The smallest absolute Gasteiger partial charge is 0.240 e. The molecule has 0 aromatic heterocycles. The van der Waals surface area contributed by atoms with E-state index in [-0.39, 0.29) is 23.0 Å². The third kappa shape index (κ3) is 2.56. The molecule has 1 aromatic carbocycles. The molecule has 0 amide bonds. The molecule has 5 nitrogen and oxygen atoms in total. The number of sulfonamides is 1. The maximum absolute atomic E-state index is 12.5. The highest BCUT2D eigenvalue weighted by atomic mass is 32.2. The normalized spacial score (nSPS) is 31.5. The van der Waals surface area contributed by atoms with E-state index >= 15 is 0 Å². The molecule has 1 saturated heterocycles. The Labute approximate surface area is 125 Å². The van der Waals surface area contributed by atoms with Crippen LogP contribution < -0.4 is 9.46 Å². The zero-order valence-corrected chi connectivity index (χ0v) is 13.1. The third-order valence-corrected chi connectivity index (χ3v) is 6.10. The summed E-state index contributed by atoms with van der Waals surface area (Å²) >= 11 is 0. The topological polar surface area (TPSA) is 64.6 Å². The van der Waals surface area contributed by atoms with Gasteiger partial charge in [0.15, 0.2) is 0 Å². The monoisotopic (exact) mass is 311 g/mol. The molecule has 1 aliphatic carbocycles. The van der Waals surface area contributed by atoms with E-state index in [0.717, 1.165) is 19.4 Å². The number of ether oxygens (including phenoxy) is 2. The first-order valence-corrected chi connectivity index (χ1v) is 8.83. The Morgan fingerprint density at radius 1 is 1.43 bits per heavy atom. The van der Waals surface area contributed by atoms with Gasteiger partial charge in [-0.25, -0.2) is 13.1 Å². The fourth-order valence-corrected chi connectivity index (χ4v) is 4.88. The molecule has 2 fully saturated rings. The molecule has 0 spiro atoms. The fraction of sp³-hybridized carbons (Fsp3) is 0.600. The Kier molecular flexibility index (Phi) is 3.94. The SMILES string of the molecule is CC[C@@H]1[C@H](NS(=O)(=O)c2cccc(OC)c2)[C@@H]2CCO[C@H]12. The van der Waals surface area contributed by atoms with E-state index in [1.54, 1.807) is 24.3 Å². The Balaban J connectivity index is 1.79. The van der Waals surface area contributed by atoms with Gasteiger partial charge >= 0.3 is 0 Å². The molecule has 0 unspecified atom stereocenters. The quantitative estimate of drug-likeness (QED) is 0.900. The van der Waals surface area contributed by atoms with Crippen molar-refractivity contribution in [2.75, 3.05) is 13.7 Å². The van der Waals surface area contributed by atoms with Gasteiger partial charge in [-0.15, -0.1) is 0 Å². The summed E-state index contributed by atoms with van der Waals surface area (Å²) in [6, 6.07) is 6.54. The maximum Gasteiger partial charge on any atom is 0.240 e. The zero-order chi connectivity index (χ0) is 15.0. The Morgan fingerprint density at radius 2 is 2.24 bits per heavy atom. The van der Waals surface area contributed by atoms with Crippen LogP contribution in [0.4, 0.5) is 0 Å². The Bertz CT molecular complexity index is 616. The molecule has 1 heterocycles. The highest BCUT2D eigenvalue weighted by Crippen LogP contribution is 2.45. The first-order valence-electron chi connectivity index (χ1n) is 7.35. The van der Waals surface area contributed by atoms with Gasteiger partial charge in [0.2, 0.25) is 10.0 Å². The highest BCUT2D eigenvalue weighted by Gasteiger charge is 2.53. The van der Waals surface area contributed by atoms with Gasteiger partial charge in [0, 0.05) is 30.6 Å². The first kappa shape index (κ1) is 14.8. The molecule has 21 heavy (non-hydrogen) atoms. The van der Waals surface area contributed by atoms with E-state index in [4.69, 9.17) is 9.47 Å². The number of methoxy groups -OCH3 is 1. The van der Waals surface area contributed by atoms with Crippen molar-refractivity contribution in [3.05, 3.63) is 24.3 Å². The lowest BCUT2D eigenvalue weighted by atomic mass is 9.66. The van der Waals surface area contributed by atoms with Crippen LogP contribution in [0.1, 0.15) is 19.8 Å². The number of hydrogen-bond acceptors (Lipinski definition) is 4. The lowest BCUT2D eigenvalue weighted by molar-refractivity contribution is -0.0501. The lowest BCUT2D eigenvalue weighted by Gasteiger charge is -2.47. The van der Waals surface area contributed by atoms with Crippen molar-refractivity contribution in [1.82, 2.24) is 4.72 Å². The van der Waals surface area contributed by atoms with Crippen LogP contribution in [-0.4, -0.2) is 34.3 Å². The number of nitrogens with one attached hydrogen (secondary N) is 1. The van der Waals surface area contributed by atoms with Crippen molar-refractivity contribution in [3.8, 4) is 5.75 Å². The minimum Gasteiger partial charge on any atom is -0.497 e. The van der Waals surface area contributed by atoms with Crippen LogP contribution >= 0.6 is 0 Å². The van der Waals surface area contributed by atoms with Crippen molar-refractivity contribution in [1.29, 1.82) is 0 Å². The van der Waals surface area contributed by atoms with Crippen LogP contribution in [0, 0.1) is 11.8 Å². The predicted octanol–water partition coefficient (Wildman–Crippen LogP) is 1.79. The van der Waals surface area contributed by atoms with Gasteiger partial charge in [0.25, 0.3) is 0 Å². The summed E-state index contributed by atoms with van der Waals surface area (Å²) in [6.07, 6.45) is 2.09. The van der Waals surface area contributed by atoms with Crippen molar-refractivity contribution < 1.29 is 17.9 Å². The minimum atomic E-state index is -3.52. The number of fused-ring (bicyclic) bond motifs is 1. The molecule has 1 aliphatic heterocycles. The van der Waals surface area contributed by atoms with E-state index < -0.39 is 10.0 Å². The van der Waals surface area contributed by atoms with Crippen LogP contribution in [0.2, 0.25) is 0 Å². The predicted molar refractivity (Wildman–Crippen MR) is 78.7 cm³/mol. The third-order valence-electron chi connectivity index (χ3n) is 4.64. The largest absolute Gasteiger partial charge is 0.497 e. The lowest BCUT2D eigenvalue weighted by Crippen LogP contribution is -2.61. The summed E-state index contributed by atoms with van der Waals surface area (Å²) in [6.45, 7) is 2.82. The van der Waals surface area contributed by atoms with Crippen LogP contribution in [0.5, 0.6) is 5.75 Å². The first-order chi connectivity index (χ1) is 10.1. The van der Waals surface area contributed by atoms with Crippen molar-refractivity contribution in [3.63, 3.8) is 0 Å². The van der Waals surface area contributed by atoms with Crippen molar-refractivity contribution >= 4 is 10.0 Å². The van der Waals surface area contributed by atoms with E-state index in [1.165, 1.54) is 7.11 Å². The van der Waals surface area contributed by atoms with Gasteiger partial charge < -0.3 is 9.47 Å². The van der Waals surface area contributed by atoms with Gasteiger partial charge in [-0.1, -0.05) is 13.0 Å². The molecule has 6 heteroatoms. The Hall–Kier alpha value is -1.11. The maximum atomic E-state index is 12.5. The van der Waals surface area contributed by atoms with Crippen LogP contribution in [0.3, 0.4) is 0 Å². The minimum absolute atomic E-state index is 0.0151. The molecular formula is C15H21NO4S. The van der Waals surface area contributed by atoms with Gasteiger partial charge in [0.1, 0.15) is 5.75 Å². The molecule has 1 saturated carbocycles. The van der Waals surface area contributed by atoms with E-state index in [1.807, 2.05) is 0 Å². The van der Waals surface area contributed by atoms with Gasteiger partial charge in [-0.3, -0.25) is 0 Å². The molecular weight excluding hydrogens is 290 g/mol. The van der Waals surface area contributed by atoms with Crippen molar-refractivity contribution in [2.24, 2.45) is 11.8 Å². The van der Waals surface area contributed by atoms with Gasteiger partial charge in [-0.05, 0) is 25.0 Å². The number of benzene rings is 1. The highest BCUT2D eigenvalue weighted by molar-refractivity contribution is 7.89. The van der Waals surface area contributed by atoms with Gasteiger partial charge in [-0.2, -0.15) is 0 Å². The average molecular weight is 311 g/mol. The summed E-state index contributed by atoms with van der Waals surface area (Å²) in [4.78, 5) is 0.249. The second-order valence-corrected chi connectivity index (χ2v) is 7.40. The molecule has 3 rings (SSSR count). The summed E-state index contributed by atoms with van der Waals surface area (Å²) < 4.78 is 38.7. The second kappa shape index (κ2) is 5.59. The molecule has 116 valence electrons. The summed E-state index contributed by atoms with van der Waals surface area (Å²) in [5, 5.41) is 0. The van der Waals surface area contributed by atoms with Crippen LogP contribution in [-0.2, 0) is 14.8 Å². The number of hydrogen-bond donors (Lipinski definition) is 1. The van der Waals surface area contributed by atoms with E-state index in [2.05, 4.69) is 11.6 Å².